The molecule has 2 fully saturated rings. The summed E-state index contributed by atoms with van der Waals surface area (Å²) in [7, 11) is -3.76. The monoisotopic (exact) mass is 372 g/mol. The van der Waals surface area contributed by atoms with Gasteiger partial charge in [0.2, 0.25) is 15.9 Å². The van der Waals surface area contributed by atoms with E-state index in [0.717, 1.165) is 12.8 Å². The molecule has 2 aliphatic rings. The molecule has 0 radical (unpaired) electrons. The zero-order chi connectivity index (χ0) is 15.4. The fourth-order valence-electron chi connectivity index (χ4n) is 3.49. The second-order valence-corrected chi connectivity index (χ2v) is 8.30. The fourth-order valence-corrected chi connectivity index (χ4v) is 4.88. The van der Waals surface area contributed by atoms with Gasteiger partial charge >= 0.3 is 0 Å². The molecule has 2 unspecified atom stereocenters. The number of hydrogen-bond donors (Lipinski definition) is 2. The minimum atomic E-state index is -3.76. The van der Waals surface area contributed by atoms with Gasteiger partial charge in [-0.15, -0.1) is 0 Å². The molecule has 114 valence electrons. The van der Waals surface area contributed by atoms with Crippen molar-refractivity contribution >= 4 is 37.5 Å². The van der Waals surface area contributed by atoms with Crippen LogP contribution in [0.3, 0.4) is 0 Å². The number of sulfonamides is 1. The van der Waals surface area contributed by atoms with Crippen molar-refractivity contribution in [1.29, 1.82) is 0 Å². The fraction of sp³-hybridized carbons (Fsp3) is 0.500. The van der Waals surface area contributed by atoms with Crippen molar-refractivity contribution < 1.29 is 13.2 Å². The number of benzene rings is 1. The van der Waals surface area contributed by atoms with Crippen LogP contribution in [0.4, 0.5) is 5.69 Å². The maximum Gasteiger partial charge on any atom is 0.238 e. The molecule has 3 N–H and O–H groups in total. The van der Waals surface area contributed by atoms with Gasteiger partial charge < -0.3 is 5.32 Å². The Kier molecular flexibility index (Phi) is 3.62. The molecule has 0 aliphatic heterocycles. The van der Waals surface area contributed by atoms with E-state index in [1.807, 2.05) is 0 Å². The third kappa shape index (κ3) is 2.74. The summed E-state index contributed by atoms with van der Waals surface area (Å²) in [5, 5.41) is 8.06. The average Bonchev–Trinajstić information content (AvgIpc) is 2.86. The summed E-state index contributed by atoms with van der Waals surface area (Å²) in [6.45, 7) is 1.66. The molecule has 2 saturated carbocycles. The Bertz CT molecular complexity index is 707. The van der Waals surface area contributed by atoms with E-state index < -0.39 is 10.0 Å². The topological polar surface area (TPSA) is 89.3 Å². The van der Waals surface area contributed by atoms with E-state index in [-0.39, 0.29) is 16.7 Å². The summed E-state index contributed by atoms with van der Waals surface area (Å²) in [5.41, 5.74) is 1.11. The molecule has 3 rings (SSSR count). The minimum absolute atomic E-state index is 0.0353. The zero-order valence-corrected chi connectivity index (χ0v) is 14.0. The lowest BCUT2D eigenvalue weighted by Gasteiger charge is -2.12. The van der Waals surface area contributed by atoms with Crippen LogP contribution in [0.1, 0.15) is 24.8 Å². The van der Waals surface area contributed by atoms with Crippen LogP contribution >= 0.6 is 15.9 Å². The third-order valence-electron chi connectivity index (χ3n) is 4.54. The summed E-state index contributed by atoms with van der Waals surface area (Å²) in [6.07, 6.45) is 3.52. The zero-order valence-electron chi connectivity index (χ0n) is 11.6. The van der Waals surface area contributed by atoms with Gasteiger partial charge in [0.05, 0.1) is 10.6 Å². The highest BCUT2D eigenvalue weighted by Crippen LogP contribution is 2.57. The van der Waals surface area contributed by atoms with E-state index in [4.69, 9.17) is 5.14 Å². The van der Waals surface area contributed by atoms with Crippen molar-refractivity contribution in [1.82, 2.24) is 0 Å². The second kappa shape index (κ2) is 5.07. The molecule has 7 heteroatoms. The maximum atomic E-state index is 12.3. The lowest BCUT2D eigenvalue weighted by atomic mass is 10.1. The molecule has 0 aromatic heterocycles. The van der Waals surface area contributed by atoms with Gasteiger partial charge in [-0.25, -0.2) is 13.6 Å². The Hall–Kier alpha value is -0.920. The first-order valence-corrected chi connectivity index (χ1v) is 9.27. The molecular formula is C14H17BrN2O3S. The van der Waals surface area contributed by atoms with Crippen LogP contribution in [-0.4, -0.2) is 14.3 Å². The van der Waals surface area contributed by atoms with E-state index in [0.29, 0.717) is 27.6 Å². The van der Waals surface area contributed by atoms with Gasteiger partial charge in [0.25, 0.3) is 0 Å². The Balaban J connectivity index is 1.80. The van der Waals surface area contributed by atoms with Gasteiger partial charge in [0.15, 0.2) is 0 Å². The standard InChI is InChI=1S/C14H17BrN2O3S/c1-7-5-11(10(15)6-12(7)21(16,19)20)17-14(18)13-8-3-2-4-9(8)13/h5-6,8-9,13H,2-4H2,1H3,(H,17,18)(H2,16,19,20). The Morgan fingerprint density at radius 1 is 1.33 bits per heavy atom. The number of carbonyl (C=O) groups is 1. The lowest BCUT2D eigenvalue weighted by molar-refractivity contribution is -0.118. The number of primary sulfonamides is 1. The highest BCUT2D eigenvalue weighted by atomic mass is 79.9. The molecule has 1 aromatic carbocycles. The number of aryl methyl sites for hydroxylation is 1. The van der Waals surface area contributed by atoms with Crippen molar-refractivity contribution in [2.45, 2.75) is 31.1 Å². The lowest BCUT2D eigenvalue weighted by Crippen LogP contribution is -2.18. The smallest absolute Gasteiger partial charge is 0.238 e. The van der Waals surface area contributed by atoms with Crippen molar-refractivity contribution in [3.63, 3.8) is 0 Å². The second-order valence-electron chi connectivity index (χ2n) is 5.92. The first-order chi connectivity index (χ1) is 9.79. The van der Waals surface area contributed by atoms with Gasteiger partial charge in [-0.1, -0.05) is 6.42 Å². The van der Waals surface area contributed by atoms with Crippen LogP contribution < -0.4 is 10.5 Å². The van der Waals surface area contributed by atoms with Crippen LogP contribution in [0.2, 0.25) is 0 Å². The molecule has 0 spiro atoms. The van der Waals surface area contributed by atoms with Gasteiger partial charge in [-0.3, -0.25) is 4.79 Å². The van der Waals surface area contributed by atoms with E-state index in [1.165, 1.54) is 12.5 Å². The van der Waals surface area contributed by atoms with Gasteiger partial charge in [-0.2, -0.15) is 0 Å². The Morgan fingerprint density at radius 2 is 1.95 bits per heavy atom. The summed E-state index contributed by atoms with van der Waals surface area (Å²) in [6, 6.07) is 3.08. The van der Waals surface area contributed by atoms with Crippen molar-refractivity contribution in [3.8, 4) is 0 Å². The number of hydrogen-bond acceptors (Lipinski definition) is 3. The molecule has 1 amide bonds. The number of anilines is 1. The predicted molar refractivity (Wildman–Crippen MR) is 83.2 cm³/mol. The molecule has 0 heterocycles. The van der Waals surface area contributed by atoms with Crippen LogP contribution in [0.5, 0.6) is 0 Å². The van der Waals surface area contributed by atoms with E-state index in [2.05, 4.69) is 21.2 Å². The van der Waals surface area contributed by atoms with E-state index in [9.17, 15) is 13.2 Å². The number of halogens is 1. The van der Waals surface area contributed by atoms with E-state index >= 15 is 0 Å². The van der Waals surface area contributed by atoms with Gasteiger partial charge in [-0.05, 0) is 65.2 Å². The summed E-state index contributed by atoms with van der Waals surface area (Å²) in [5.74, 6) is 1.26. The number of rotatable bonds is 3. The number of nitrogens with one attached hydrogen (secondary N) is 1. The summed E-state index contributed by atoms with van der Waals surface area (Å²) in [4.78, 5) is 12.3. The van der Waals surface area contributed by atoms with Crippen molar-refractivity contribution in [2.75, 3.05) is 5.32 Å². The van der Waals surface area contributed by atoms with Crippen molar-refractivity contribution in [3.05, 3.63) is 22.2 Å². The molecule has 21 heavy (non-hydrogen) atoms. The first kappa shape index (κ1) is 15.0. The van der Waals surface area contributed by atoms with Gasteiger partial charge in [0, 0.05) is 10.4 Å². The average molecular weight is 373 g/mol. The summed E-state index contributed by atoms with van der Waals surface area (Å²) < 4.78 is 23.4. The highest BCUT2D eigenvalue weighted by Gasteiger charge is 2.56. The number of fused-ring (bicyclic) bond motifs is 1. The number of carbonyl (C=O) groups excluding carboxylic acids is 1. The SMILES string of the molecule is Cc1cc(NC(=O)C2C3CCCC32)c(Br)cc1S(N)(=O)=O. The number of nitrogens with two attached hydrogens (primary N) is 1. The van der Waals surface area contributed by atoms with Crippen LogP contribution in [0.25, 0.3) is 0 Å². The van der Waals surface area contributed by atoms with Gasteiger partial charge in [0.1, 0.15) is 0 Å². The minimum Gasteiger partial charge on any atom is -0.325 e. The van der Waals surface area contributed by atoms with Crippen LogP contribution in [0, 0.1) is 24.7 Å². The molecule has 0 saturated heterocycles. The molecule has 1 aromatic rings. The molecule has 5 nitrogen and oxygen atoms in total. The molecular weight excluding hydrogens is 356 g/mol. The summed E-state index contributed by atoms with van der Waals surface area (Å²) >= 11 is 3.30. The number of amides is 1. The van der Waals surface area contributed by atoms with Crippen molar-refractivity contribution in [2.24, 2.45) is 22.9 Å². The Morgan fingerprint density at radius 3 is 2.52 bits per heavy atom. The molecule has 2 atom stereocenters. The largest absolute Gasteiger partial charge is 0.325 e. The quantitative estimate of drug-likeness (QED) is 0.853. The predicted octanol–water partition coefficient (Wildman–Crippen LogP) is 2.39. The van der Waals surface area contributed by atoms with Crippen LogP contribution in [0.15, 0.2) is 21.5 Å². The first-order valence-electron chi connectivity index (χ1n) is 6.93. The third-order valence-corrected chi connectivity index (χ3v) is 6.25. The normalized spacial score (nSPS) is 27.3. The molecule has 0 bridgehead atoms. The van der Waals surface area contributed by atoms with Crippen LogP contribution in [-0.2, 0) is 14.8 Å². The van der Waals surface area contributed by atoms with E-state index in [1.54, 1.807) is 13.0 Å². The molecule has 2 aliphatic carbocycles. The Labute approximate surface area is 132 Å². The maximum absolute atomic E-state index is 12.3. The highest BCUT2D eigenvalue weighted by molar-refractivity contribution is 9.10.